The fourth-order valence-electron chi connectivity index (χ4n) is 1.41. The first kappa shape index (κ1) is 17.8. The fourth-order valence-corrected chi connectivity index (χ4v) is 1.41. The Morgan fingerprint density at radius 3 is 2.37 bits per heavy atom. The van der Waals surface area contributed by atoms with E-state index < -0.39 is 37.6 Å². The van der Waals surface area contributed by atoms with E-state index in [0.717, 1.165) is 4.90 Å². The summed E-state index contributed by atoms with van der Waals surface area (Å²) in [5.74, 6) is -1.05. The molecule has 8 heteroatoms. The van der Waals surface area contributed by atoms with Gasteiger partial charge in [-0.3, -0.25) is 14.5 Å². The van der Waals surface area contributed by atoms with Crippen molar-refractivity contribution in [2.45, 2.75) is 25.9 Å². The summed E-state index contributed by atoms with van der Waals surface area (Å²) in [5.41, 5.74) is 0. The van der Waals surface area contributed by atoms with Crippen LogP contribution in [0.4, 0.5) is 13.2 Å². The molecule has 0 aromatic heterocycles. The number of hydrogen-bond donors (Lipinski definition) is 1. The van der Waals surface area contributed by atoms with Gasteiger partial charge in [0.2, 0.25) is 0 Å². The maximum absolute atomic E-state index is 12.2. The number of ether oxygens (including phenoxy) is 1. The molecule has 0 atom stereocenters. The third-order valence-corrected chi connectivity index (χ3v) is 2.13. The van der Waals surface area contributed by atoms with Crippen LogP contribution in [-0.2, 0) is 14.3 Å². The van der Waals surface area contributed by atoms with Gasteiger partial charge in [0.15, 0.2) is 0 Å². The molecule has 0 spiro atoms. The highest BCUT2D eigenvalue weighted by atomic mass is 19.4. The fraction of sp³-hybridized carbons (Fsp3) is 0.818. The molecule has 0 unspecified atom stereocenters. The molecule has 0 aromatic carbocycles. The van der Waals surface area contributed by atoms with E-state index in [0.29, 0.717) is 0 Å². The van der Waals surface area contributed by atoms with Gasteiger partial charge in [0.25, 0.3) is 0 Å². The van der Waals surface area contributed by atoms with Crippen LogP contribution in [-0.4, -0.2) is 60.8 Å². The summed E-state index contributed by atoms with van der Waals surface area (Å²) in [6.45, 7) is -0.617. The first-order valence-corrected chi connectivity index (χ1v) is 5.85. The number of aliphatic hydroxyl groups excluding tert-OH is 1. The minimum absolute atomic E-state index is 0.147. The number of esters is 1. The topological polar surface area (TPSA) is 66.8 Å². The van der Waals surface area contributed by atoms with Gasteiger partial charge in [-0.1, -0.05) is 0 Å². The van der Waals surface area contributed by atoms with E-state index in [-0.39, 0.29) is 26.0 Å². The molecule has 0 aromatic rings. The summed E-state index contributed by atoms with van der Waals surface area (Å²) in [6.07, 6.45) is -4.75. The van der Waals surface area contributed by atoms with Gasteiger partial charge in [0.05, 0.1) is 32.7 Å². The Labute approximate surface area is 109 Å². The summed E-state index contributed by atoms with van der Waals surface area (Å²) >= 11 is 0. The molecule has 19 heavy (non-hydrogen) atoms. The molecule has 112 valence electrons. The van der Waals surface area contributed by atoms with Crippen molar-refractivity contribution in [1.82, 2.24) is 4.90 Å². The molecular weight excluding hydrogens is 267 g/mol. The largest absolute Gasteiger partial charge is 0.466 e. The van der Waals surface area contributed by atoms with Gasteiger partial charge in [-0.15, -0.1) is 0 Å². The van der Waals surface area contributed by atoms with Gasteiger partial charge in [-0.25, -0.2) is 0 Å². The van der Waals surface area contributed by atoms with E-state index >= 15 is 0 Å². The van der Waals surface area contributed by atoms with E-state index in [1.54, 1.807) is 6.92 Å². The lowest BCUT2D eigenvalue weighted by atomic mass is 10.2. The molecule has 0 radical (unpaired) electrons. The van der Waals surface area contributed by atoms with Gasteiger partial charge < -0.3 is 9.84 Å². The van der Waals surface area contributed by atoms with Crippen LogP contribution in [0.3, 0.4) is 0 Å². The summed E-state index contributed by atoms with van der Waals surface area (Å²) in [7, 11) is 0. The third kappa shape index (κ3) is 10.5. The summed E-state index contributed by atoms with van der Waals surface area (Å²) in [6, 6.07) is 0. The number of alkyl halides is 3. The van der Waals surface area contributed by atoms with Gasteiger partial charge in [0.1, 0.15) is 5.78 Å². The maximum atomic E-state index is 12.2. The molecule has 0 saturated carbocycles. The Bertz CT molecular complexity index is 294. The lowest BCUT2D eigenvalue weighted by Crippen LogP contribution is -2.39. The average Bonchev–Trinajstić information content (AvgIpc) is 2.25. The zero-order chi connectivity index (χ0) is 14.9. The van der Waals surface area contributed by atoms with Gasteiger partial charge in [-0.05, 0) is 6.92 Å². The Kier molecular flexibility index (Phi) is 8.33. The van der Waals surface area contributed by atoms with Crippen LogP contribution in [0.5, 0.6) is 0 Å². The Morgan fingerprint density at radius 1 is 1.26 bits per heavy atom. The van der Waals surface area contributed by atoms with Crippen molar-refractivity contribution in [2.24, 2.45) is 0 Å². The molecule has 0 aliphatic heterocycles. The number of aliphatic hydroxyl groups is 1. The second kappa shape index (κ2) is 8.87. The van der Waals surface area contributed by atoms with Crippen molar-refractivity contribution < 1.29 is 32.6 Å². The zero-order valence-corrected chi connectivity index (χ0v) is 10.7. The van der Waals surface area contributed by atoms with E-state index in [1.165, 1.54) is 0 Å². The highest BCUT2D eigenvalue weighted by Gasteiger charge is 2.31. The molecule has 0 fully saturated rings. The van der Waals surface area contributed by atoms with Crippen LogP contribution in [0, 0.1) is 0 Å². The monoisotopic (exact) mass is 285 g/mol. The van der Waals surface area contributed by atoms with Crippen LogP contribution in [0.1, 0.15) is 19.8 Å². The summed E-state index contributed by atoms with van der Waals surface area (Å²) < 4.78 is 41.2. The highest BCUT2D eigenvalue weighted by Crippen LogP contribution is 2.16. The summed E-state index contributed by atoms with van der Waals surface area (Å²) in [5, 5.41) is 8.64. The number of carbonyl (C=O) groups is 2. The average molecular weight is 285 g/mol. The predicted molar refractivity (Wildman–Crippen MR) is 60.5 cm³/mol. The normalized spacial score (nSPS) is 11.7. The smallest absolute Gasteiger partial charge is 0.401 e. The Hall–Kier alpha value is -1.15. The molecule has 0 aliphatic carbocycles. The van der Waals surface area contributed by atoms with Crippen LogP contribution < -0.4 is 0 Å². The zero-order valence-electron chi connectivity index (χ0n) is 10.7. The molecule has 0 bridgehead atoms. The number of halogens is 3. The lowest BCUT2D eigenvalue weighted by molar-refractivity contribution is -0.150. The van der Waals surface area contributed by atoms with Crippen LogP contribution in [0.25, 0.3) is 0 Å². The first-order chi connectivity index (χ1) is 8.78. The van der Waals surface area contributed by atoms with Crippen LogP contribution in [0.2, 0.25) is 0 Å². The minimum Gasteiger partial charge on any atom is -0.466 e. The van der Waals surface area contributed by atoms with Gasteiger partial charge in [-0.2, -0.15) is 13.2 Å². The molecule has 0 amide bonds. The molecule has 0 saturated heterocycles. The van der Waals surface area contributed by atoms with Crippen molar-refractivity contribution >= 4 is 11.8 Å². The molecular formula is C11H18F3NO4. The maximum Gasteiger partial charge on any atom is 0.401 e. The van der Waals surface area contributed by atoms with Crippen molar-refractivity contribution in [3.05, 3.63) is 0 Å². The quantitative estimate of drug-likeness (QED) is 0.633. The highest BCUT2D eigenvalue weighted by molar-refractivity contribution is 5.84. The first-order valence-electron chi connectivity index (χ1n) is 5.85. The van der Waals surface area contributed by atoms with Crippen LogP contribution >= 0.6 is 0 Å². The Balaban J connectivity index is 4.13. The molecule has 1 N–H and O–H groups in total. The lowest BCUT2D eigenvalue weighted by Gasteiger charge is -2.21. The number of nitrogens with zero attached hydrogens (tertiary/aromatic N) is 1. The minimum atomic E-state index is -4.43. The SMILES string of the molecule is CCOC(=O)CCC(=O)CN(CCO)CC(F)(F)F. The number of carbonyl (C=O) groups excluding carboxylic acids is 2. The predicted octanol–water partition coefficient (Wildman–Crippen LogP) is 0.755. The number of Topliss-reactive ketones (excluding diaryl/α,β-unsaturated/α-hetero) is 1. The standard InChI is InChI=1S/C11H18F3NO4/c1-2-19-10(18)4-3-9(17)7-15(5-6-16)8-11(12,13)14/h16H,2-8H2,1H3. The van der Waals surface area contributed by atoms with E-state index in [4.69, 9.17) is 5.11 Å². The van der Waals surface area contributed by atoms with E-state index in [9.17, 15) is 22.8 Å². The Morgan fingerprint density at radius 2 is 1.89 bits per heavy atom. The number of hydrogen-bond acceptors (Lipinski definition) is 5. The molecule has 0 aliphatic rings. The van der Waals surface area contributed by atoms with Crippen LogP contribution in [0.15, 0.2) is 0 Å². The third-order valence-electron chi connectivity index (χ3n) is 2.13. The number of rotatable bonds is 9. The van der Waals surface area contributed by atoms with Gasteiger partial charge in [0, 0.05) is 13.0 Å². The second-order valence-corrected chi connectivity index (χ2v) is 3.89. The van der Waals surface area contributed by atoms with Crippen molar-refractivity contribution in [3.63, 3.8) is 0 Å². The van der Waals surface area contributed by atoms with E-state index in [2.05, 4.69) is 4.74 Å². The van der Waals surface area contributed by atoms with Gasteiger partial charge >= 0.3 is 12.1 Å². The molecule has 5 nitrogen and oxygen atoms in total. The van der Waals surface area contributed by atoms with Crippen molar-refractivity contribution in [1.29, 1.82) is 0 Å². The van der Waals surface area contributed by atoms with Crippen molar-refractivity contribution in [2.75, 3.05) is 32.8 Å². The summed E-state index contributed by atoms with van der Waals surface area (Å²) in [4.78, 5) is 23.2. The molecule has 0 heterocycles. The second-order valence-electron chi connectivity index (χ2n) is 3.89. The number of ketones is 1. The van der Waals surface area contributed by atoms with Crippen molar-refractivity contribution in [3.8, 4) is 0 Å². The molecule has 0 rings (SSSR count). The van der Waals surface area contributed by atoms with E-state index in [1.807, 2.05) is 0 Å².